The lowest BCUT2D eigenvalue weighted by Gasteiger charge is -2.49. The largest absolute Gasteiger partial charge is 0.462 e. The molecule has 3 aliphatic heterocycles. The van der Waals surface area contributed by atoms with Crippen LogP contribution in [0.4, 0.5) is 0 Å². The van der Waals surface area contributed by atoms with Crippen LogP contribution in [0.3, 0.4) is 0 Å². The van der Waals surface area contributed by atoms with Crippen LogP contribution in [0.1, 0.15) is 57.9 Å². The van der Waals surface area contributed by atoms with Gasteiger partial charge in [0.1, 0.15) is 11.7 Å². The third-order valence-corrected chi connectivity index (χ3v) is 9.81. The highest BCUT2D eigenvalue weighted by molar-refractivity contribution is 5.76. The Hall–Kier alpha value is -1.43. The third-order valence-electron chi connectivity index (χ3n) is 9.81. The molecule has 1 spiro atoms. The van der Waals surface area contributed by atoms with Gasteiger partial charge in [-0.15, -0.1) is 0 Å². The van der Waals surface area contributed by atoms with Crippen LogP contribution in [-0.2, 0) is 20.7 Å². The lowest BCUT2D eigenvalue weighted by Crippen LogP contribution is -2.55. The summed E-state index contributed by atoms with van der Waals surface area (Å²) in [5.41, 5.74) is 0.653. The number of benzene rings is 1. The Morgan fingerprint density at radius 1 is 1.16 bits per heavy atom. The lowest BCUT2D eigenvalue weighted by molar-refractivity contribution is -0.146. The van der Waals surface area contributed by atoms with Crippen LogP contribution in [0.25, 0.3) is 0 Å². The van der Waals surface area contributed by atoms with E-state index in [0.717, 1.165) is 38.9 Å². The number of epoxide rings is 1. The zero-order valence-electron chi connectivity index (χ0n) is 19.5. The monoisotopic (exact) mass is 439 g/mol. The minimum atomic E-state index is -0.648. The van der Waals surface area contributed by atoms with Crippen molar-refractivity contribution < 1.29 is 19.4 Å². The normalized spacial score (nSPS) is 44.8. The molecular weight excluding hydrogens is 402 g/mol. The van der Waals surface area contributed by atoms with Crippen LogP contribution in [0.5, 0.6) is 0 Å². The van der Waals surface area contributed by atoms with Gasteiger partial charge >= 0.3 is 5.97 Å². The number of carbonyl (C=O) groups is 1. The number of hydrogen-bond donors (Lipinski definition) is 1. The van der Waals surface area contributed by atoms with Crippen LogP contribution in [0.2, 0.25) is 0 Å². The second-order valence-electron chi connectivity index (χ2n) is 11.7. The zero-order chi connectivity index (χ0) is 22.1. The molecule has 32 heavy (non-hydrogen) atoms. The fourth-order valence-electron chi connectivity index (χ4n) is 8.03. The van der Waals surface area contributed by atoms with Crippen LogP contribution < -0.4 is 0 Å². The molecule has 3 heterocycles. The van der Waals surface area contributed by atoms with Gasteiger partial charge in [-0.25, -0.2) is 0 Å². The summed E-state index contributed by atoms with van der Waals surface area (Å²) in [7, 11) is 0. The van der Waals surface area contributed by atoms with Gasteiger partial charge in [0.05, 0.1) is 17.6 Å². The molecule has 5 aliphatic rings. The van der Waals surface area contributed by atoms with Crippen molar-refractivity contribution in [2.24, 2.45) is 23.2 Å². The summed E-state index contributed by atoms with van der Waals surface area (Å²) in [5.74, 6) is 0.641. The molecule has 7 atom stereocenters. The quantitative estimate of drug-likeness (QED) is 0.574. The van der Waals surface area contributed by atoms with E-state index in [0.29, 0.717) is 12.3 Å². The van der Waals surface area contributed by atoms with Gasteiger partial charge in [-0.2, -0.15) is 0 Å². The first-order valence-electron chi connectivity index (χ1n) is 12.7. The van der Waals surface area contributed by atoms with E-state index in [1.807, 2.05) is 18.2 Å². The molecule has 0 bridgehead atoms. The smallest absolute Gasteiger partial charge is 0.311 e. The minimum absolute atomic E-state index is 0.0169. The van der Waals surface area contributed by atoms with Crippen molar-refractivity contribution in [2.45, 2.75) is 82.2 Å². The number of aliphatic hydroxyl groups is 1. The van der Waals surface area contributed by atoms with Crippen LogP contribution >= 0.6 is 0 Å². The molecule has 5 heteroatoms. The molecule has 1 N–H and O–H groups in total. The number of likely N-dealkylation sites (tertiary alicyclic amines) is 1. The van der Waals surface area contributed by atoms with Crippen molar-refractivity contribution in [3.63, 3.8) is 0 Å². The van der Waals surface area contributed by atoms with E-state index in [2.05, 4.69) is 30.9 Å². The van der Waals surface area contributed by atoms with Crippen molar-refractivity contribution in [3.05, 3.63) is 35.9 Å². The van der Waals surface area contributed by atoms with E-state index in [9.17, 15) is 9.90 Å². The Balaban J connectivity index is 1.12. The molecule has 0 unspecified atom stereocenters. The van der Waals surface area contributed by atoms with E-state index < -0.39 is 5.60 Å². The summed E-state index contributed by atoms with van der Waals surface area (Å²) in [6.07, 6.45) is 7.02. The highest BCUT2D eigenvalue weighted by Gasteiger charge is 2.78. The van der Waals surface area contributed by atoms with Gasteiger partial charge in [-0.05, 0) is 43.6 Å². The molecule has 0 aromatic heterocycles. The molecule has 2 saturated carbocycles. The maximum Gasteiger partial charge on any atom is 0.311 e. The van der Waals surface area contributed by atoms with Gasteiger partial charge < -0.3 is 19.5 Å². The Labute approximate surface area is 191 Å². The predicted molar refractivity (Wildman–Crippen MR) is 121 cm³/mol. The second kappa shape index (κ2) is 7.28. The number of piperidine rings is 1. The topological polar surface area (TPSA) is 62.3 Å². The second-order valence-corrected chi connectivity index (χ2v) is 11.7. The summed E-state index contributed by atoms with van der Waals surface area (Å²) < 4.78 is 12.6. The van der Waals surface area contributed by atoms with E-state index in [-0.39, 0.29) is 41.0 Å². The van der Waals surface area contributed by atoms with Crippen molar-refractivity contribution in [1.29, 1.82) is 0 Å². The van der Waals surface area contributed by atoms with Crippen molar-refractivity contribution in [1.82, 2.24) is 4.90 Å². The maximum atomic E-state index is 13.0. The van der Waals surface area contributed by atoms with Gasteiger partial charge in [-0.3, -0.25) is 4.79 Å². The number of ether oxygens (including phenoxy) is 2. The number of nitrogens with zero attached hydrogens (tertiary/aromatic N) is 1. The number of carbonyl (C=O) groups excluding carboxylic acids is 1. The fourth-order valence-corrected chi connectivity index (χ4v) is 8.03. The Morgan fingerprint density at radius 2 is 1.91 bits per heavy atom. The first-order valence-corrected chi connectivity index (χ1v) is 12.7. The minimum Gasteiger partial charge on any atom is -0.462 e. The standard InChI is InChI=1S/C27H37NO4/c1-18-7-6-10-25(2)16-21-22(23-27(18,25)32-23)20(24(29)31-21)17-28-13-11-26(30,12-14-28)15-19-8-4-3-5-9-19/h3-5,8-9,18,20-23,30H,6-7,10-17H2,1-2H3/t18-,20-,21-,22+,23+,25+,27-/m1/s1. The molecule has 1 aromatic carbocycles. The molecule has 0 amide bonds. The lowest BCUT2D eigenvalue weighted by atomic mass is 9.53. The van der Waals surface area contributed by atoms with Gasteiger partial charge in [0, 0.05) is 37.4 Å². The number of hydrogen-bond acceptors (Lipinski definition) is 5. The summed E-state index contributed by atoms with van der Waals surface area (Å²) in [6, 6.07) is 10.3. The van der Waals surface area contributed by atoms with E-state index in [1.54, 1.807) is 0 Å². The SMILES string of the molecule is C[C@@H]1CCC[C@@]2(C)C[C@H]3OC(=O)[C@H](CN4CCC(O)(Cc5ccccc5)CC4)[C@@H]3[C@@H]3O[C@]132. The highest BCUT2D eigenvalue weighted by Crippen LogP contribution is 2.70. The number of rotatable bonds is 4. The van der Waals surface area contributed by atoms with Gasteiger partial charge in [0.25, 0.3) is 0 Å². The molecule has 174 valence electrons. The van der Waals surface area contributed by atoms with Gasteiger partial charge in [-0.1, -0.05) is 50.6 Å². The average Bonchev–Trinajstić information content (AvgIpc) is 3.45. The number of esters is 1. The average molecular weight is 440 g/mol. The van der Waals surface area contributed by atoms with E-state index >= 15 is 0 Å². The summed E-state index contributed by atoms with van der Waals surface area (Å²) in [5, 5.41) is 11.1. The van der Waals surface area contributed by atoms with Crippen molar-refractivity contribution in [3.8, 4) is 0 Å². The van der Waals surface area contributed by atoms with E-state index in [1.165, 1.54) is 24.8 Å². The zero-order valence-corrected chi connectivity index (χ0v) is 19.5. The molecular formula is C27H37NO4. The molecule has 2 aliphatic carbocycles. The highest BCUT2D eigenvalue weighted by atomic mass is 16.6. The predicted octanol–water partition coefficient (Wildman–Crippen LogP) is 3.58. The first-order chi connectivity index (χ1) is 15.3. The van der Waals surface area contributed by atoms with Crippen LogP contribution in [0.15, 0.2) is 30.3 Å². The summed E-state index contributed by atoms with van der Waals surface area (Å²) in [6.45, 7) is 7.12. The molecule has 3 saturated heterocycles. The van der Waals surface area contributed by atoms with Gasteiger partial charge in [0.2, 0.25) is 0 Å². The summed E-state index contributed by atoms with van der Waals surface area (Å²) in [4.78, 5) is 15.4. The molecule has 5 nitrogen and oxygen atoms in total. The third kappa shape index (κ3) is 3.11. The summed E-state index contributed by atoms with van der Waals surface area (Å²) >= 11 is 0. The first kappa shape index (κ1) is 21.1. The van der Waals surface area contributed by atoms with Crippen LogP contribution in [0, 0.1) is 23.2 Å². The van der Waals surface area contributed by atoms with Crippen molar-refractivity contribution >= 4 is 5.97 Å². The molecule has 1 aromatic rings. The Bertz CT molecular complexity index is 881. The molecule has 5 fully saturated rings. The Kier molecular flexibility index (Phi) is 4.81. The Morgan fingerprint density at radius 3 is 2.66 bits per heavy atom. The molecule has 6 rings (SSSR count). The van der Waals surface area contributed by atoms with Gasteiger partial charge in [0.15, 0.2) is 0 Å². The van der Waals surface area contributed by atoms with E-state index in [4.69, 9.17) is 9.47 Å². The van der Waals surface area contributed by atoms with Crippen molar-refractivity contribution in [2.75, 3.05) is 19.6 Å². The fraction of sp³-hybridized carbons (Fsp3) is 0.741. The number of fused-ring (bicyclic) bond motifs is 2. The maximum absolute atomic E-state index is 13.0. The molecule has 0 radical (unpaired) electrons. The van der Waals surface area contributed by atoms with Crippen LogP contribution in [-0.4, -0.2) is 59.0 Å².